The van der Waals surface area contributed by atoms with Gasteiger partial charge in [0.1, 0.15) is 11.6 Å². The van der Waals surface area contributed by atoms with Gasteiger partial charge in [-0.3, -0.25) is 9.88 Å². The molecule has 2 aromatic heterocycles. The zero-order chi connectivity index (χ0) is 21.6. The van der Waals surface area contributed by atoms with Crippen molar-refractivity contribution in [3.8, 4) is 5.75 Å². The van der Waals surface area contributed by atoms with Crippen LogP contribution in [0.1, 0.15) is 29.9 Å². The summed E-state index contributed by atoms with van der Waals surface area (Å²) in [5.41, 5.74) is 1.79. The van der Waals surface area contributed by atoms with Crippen LogP contribution in [0.3, 0.4) is 0 Å². The first-order chi connectivity index (χ1) is 15.1. The Hall–Kier alpha value is -2.13. The van der Waals surface area contributed by atoms with E-state index in [0.29, 0.717) is 18.1 Å². The average molecular weight is 460 g/mol. The molecule has 9 heteroatoms. The van der Waals surface area contributed by atoms with Crippen LogP contribution < -0.4 is 0 Å². The number of phenols is 1. The molecule has 0 saturated carbocycles. The molecule has 164 valence electrons. The minimum Gasteiger partial charge on any atom is -0.508 e. The van der Waals surface area contributed by atoms with E-state index in [9.17, 15) is 5.11 Å². The Morgan fingerprint density at radius 1 is 1.26 bits per heavy atom. The summed E-state index contributed by atoms with van der Waals surface area (Å²) in [5.74, 6) is 1.85. The number of hydrogen-bond donors (Lipinski definition) is 1. The van der Waals surface area contributed by atoms with Gasteiger partial charge in [-0.2, -0.15) is 0 Å². The third-order valence-corrected chi connectivity index (χ3v) is 6.41. The van der Waals surface area contributed by atoms with E-state index in [2.05, 4.69) is 24.6 Å². The fourth-order valence-electron chi connectivity index (χ4n) is 3.61. The molecule has 7 nitrogen and oxygen atoms in total. The summed E-state index contributed by atoms with van der Waals surface area (Å²) in [6.45, 7) is 2.70. The van der Waals surface area contributed by atoms with Crippen molar-refractivity contribution in [1.82, 2.24) is 24.6 Å². The molecule has 0 radical (unpaired) electrons. The highest BCUT2D eigenvalue weighted by Crippen LogP contribution is 2.26. The minimum atomic E-state index is 0.186. The van der Waals surface area contributed by atoms with Gasteiger partial charge in [0.25, 0.3) is 0 Å². The zero-order valence-corrected chi connectivity index (χ0v) is 19.0. The molecule has 1 N–H and O–H groups in total. The highest BCUT2D eigenvalue weighted by molar-refractivity contribution is 7.98. The van der Waals surface area contributed by atoms with Crippen molar-refractivity contribution in [2.45, 2.75) is 49.5 Å². The molecule has 1 saturated heterocycles. The van der Waals surface area contributed by atoms with Gasteiger partial charge in [0.15, 0.2) is 5.16 Å². The van der Waals surface area contributed by atoms with Crippen LogP contribution in [0.25, 0.3) is 0 Å². The summed E-state index contributed by atoms with van der Waals surface area (Å²) < 4.78 is 8.03. The van der Waals surface area contributed by atoms with E-state index in [1.165, 1.54) is 0 Å². The van der Waals surface area contributed by atoms with Gasteiger partial charge >= 0.3 is 0 Å². The molecule has 0 amide bonds. The predicted octanol–water partition coefficient (Wildman–Crippen LogP) is 4.14. The fraction of sp³-hybridized carbons (Fsp3) is 0.409. The number of phenolic OH excluding ortho intramolecular Hbond substituents is 1. The molecular formula is C22H26ClN5O2S. The van der Waals surface area contributed by atoms with Gasteiger partial charge in [-0.05, 0) is 50.2 Å². The molecule has 3 heterocycles. The van der Waals surface area contributed by atoms with Gasteiger partial charge in [0.05, 0.1) is 24.9 Å². The molecule has 1 fully saturated rings. The second-order valence-corrected chi connectivity index (χ2v) is 9.08. The number of ether oxygens (including phenoxy) is 1. The van der Waals surface area contributed by atoms with E-state index in [1.54, 1.807) is 36.2 Å². The molecule has 4 rings (SSSR count). The summed E-state index contributed by atoms with van der Waals surface area (Å²) in [5, 5.41) is 20.5. The quantitative estimate of drug-likeness (QED) is 0.482. The number of pyridine rings is 1. The number of rotatable bonds is 9. The largest absolute Gasteiger partial charge is 0.508 e. The lowest BCUT2D eigenvalue weighted by molar-refractivity contribution is 0.0934. The van der Waals surface area contributed by atoms with E-state index in [-0.39, 0.29) is 11.9 Å². The molecular weight excluding hydrogens is 434 g/mol. The Bertz CT molecular complexity index is 995. The highest BCUT2D eigenvalue weighted by atomic mass is 35.5. The second kappa shape index (κ2) is 10.5. The van der Waals surface area contributed by atoms with E-state index in [4.69, 9.17) is 16.3 Å². The van der Waals surface area contributed by atoms with Crippen LogP contribution in [-0.2, 0) is 30.1 Å². The topological polar surface area (TPSA) is 76.3 Å². The lowest BCUT2D eigenvalue weighted by atomic mass is 10.2. The summed E-state index contributed by atoms with van der Waals surface area (Å²) in [7, 11) is 1.99. The molecule has 1 atom stereocenters. The summed E-state index contributed by atoms with van der Waals surface area (Å²) in [6, 6.07) is 11.0. The van der Waals surface area contributed by atoms with Gasteiger partial charge in [0, 0.05) is 35.7 Å². The lowest BCUT2D eigenvalue weighted by Crippen LogP contribution is -2.23. The van der Waals surface area contributed by atoms with Gasteiger partial charge in [-0.25, -0.2) is 0 Å². The number of benzene rings is 1. The molecule has 0 unspecified atom stereocenters. The van der Waals surface area contributed by atoms with E-state index in [1.807, 2.05) is 25.2 Å². The van der Waals surface area contributed by atoms with E-state index in [0.717, 1.165) is 54.0 Å². The summed E-state index contributed by atoms with van der Waals surface area (Å²) in [4.78, 5) is 6.49. The molecule has 31 heavy (non-hydrogen) atoms. The SMILES string of the molecule is CN(Cc1cc(Cl)ccc1O)Cc1nnc(SCc2ccccn2)n1C[C@@H]1CCCO1. The minimum absolute atomic E-state index is 0.186. The number of halogens is 1. The van der Waals surface area contributed by atoms with Crippen molar-refractivity contribution in [3.05, 3.63) is 64.7 Å². The van der Waals surface area contributed by atoms with E-state index >= 15 is 0 Å². The van der Waals surface area contributed by atoms with Crippen molar-refractivity contribution in [2.75, 3.05) is 13.7 Å². The van der Waals surface area contributed by atoms with Crippen LogP contribution >= 0.6 is 23.4 Å². The number of thioether (sulfide) groups is 1. The Labute approximate surface area is 191 Å². The molecule has 0 aliphatic carbocycles. The van der Waals surface area contributed by atoms with Crippen LogP contribution in [0.15, 0.2) is 47.8 Å². The first-order valence-corrected chi connectivity index (χ1v) is 11.7. The van der Waals surface area contributed by atoms with Crippen molar-refractivity contribution in [1.29, 1.82) is 0 Å². The zero-order valence-electron chi connectivity index (χ0n) is 17.4. The Kier molecular flexibility index (Phi) is 7.45. The van der Waals surface area contributed by atoms with Crippen LogP contribution in [-0.4, -0.2) is 49.5 Å². The van der Waals surface area contributed by atoms with Gasteiger partial charge in [0.2, 0.25) is 0 Å². The molecule has 1 aliphatic heterocycles. The Morgan fingerprint density at radius 2 is 2.16 bits per heavy atom. The predicted molar refractivity (Wildman–Crippen MR) is 121 cm³/mol. The average Bonchev–Trinajstić information content (AvgIpc) is 3.41. The van der Waals surface area contributed by atoms with E-state index < -0.39 is 0 Å². The first-order valence-electron chi connectivity index (χ1n) is 10.3. The first kappa shape index (κ1) is 22.1. The highest BCUT2D eigenvalue weighted by Gasteiger charge is 2.22. The van der Waals surface area contributed by atoms with Gasteiger partial charge in [-0.1, -0.05) is 29.4 Å². The second-order valence-electron chi connectivity index (χ2n) is 7.70. The lowest BCUT2D eigenvalue weighted by Gasteiger charge is -2.19. The summed E-state index contributed by atoms with van der Waals surface area (Å²) >= 11 is 7.73. The Morgan fingerprint density at radius 3 is 2.94 bits per heavy atom. The molecule has 0 bridgehead atoms. The third kappa shape index (κ3) is 5.98. The maximum absolute atomic E-state index is 10.1. The normalized spacial score (nSPS) is 16.3. The van der Waals surface area contributed by atoms with Crippen LogP contribution in [0.2, 0.25) is 5.02 Å². The van der Waals surface area contributed by atoms with Crippen molar-refractivity contribution in [3.63, 3.8) is 0 Å². The Balaban J connectivity index is 1.48. The van der Waals surface area contributed by atoms with Crippen LogP contribution in [0.5, 0.6) is 5.75 Å². The number of nitrogens with zero attached hydrogens (tertiary/aromatic N) is 5. The van der Waals surface area contributed by atoms with Gasteiger partial charge < -0.3 is 14.4 Å². The van der Waals surface area contributed by atoms with Crippen LogP contribution in [0.4, 0.5) is 0 Å². The van der Waals surface area contributed by atoms with Crippen molar-refractivity contribution >= 4 is 23.4 Å². The standard InChI is InChI=1S/C22H26ClN5O2S/c1-27(12-16-11-17(23)7-8-20(16)29)14-21-25-26-22(28(21)13-19-6-4-10-30-19)31-15-18-5-2-3-9-24-18/h2-3,5,7-9,11,19,29H,4,6,10,12-15H2,1H3/t19-/m0/s1. The third-order valence-electron chi connectivity index (χ3n) is 5.17. The van der Waals surface area contributed by atoms with Crippen LogP contribution in [0, 0.1) is 0 Å². The molecule has 1 aliphatic rings. The smallest absolute Gasteiger partial charge is 0.191 e. The fourth-order valence-corrected chi connectivity index (χ4v) is 4.69. The monoisotopic (exact) mass is 459 g/mol. The summed E-state index contributed by atoms with van der Waals surface area (Å²) in [6.07, 6.45) is 4.13. The maximum Gasteiger partial charge on any atom is 0.191 e. The molecule has 3 aromatic rings. The van der Waals surface area contributed by atoms with Crippen molar-refractivity contribution in [2.24, 2.45) is 0 Å². The maximum atomic E-state index is 10.1. The number of aromatic nitrogens is 4. The van der Waals surface area contributed by atoms with Gasteiger partial charge in [-0.15, -0.1) is 10.2 Å². The number of aromatic hydroxyl groups is 1. The molecule has 1 aromatic carbocycles. The molecule has 0 spiro atoms. The number of hydrogen-bond acceptors (Lipinski definition) is 7. The van der Waals surface area contributed by atoms with Crippen molar-refractivity contribution < 1.29 is 9.84 Å².